The molecule has 0 bridgehead atoms. The molecule has 1 aromatic heterocycles. The molecule has 124 valence electrons. The van der Waals surface area contributed by atoms with Gasteiger partial charge < -0.3 is 10.4 Å². The first-order chi connectivity index (χ1) is 11.6. The van der Waals surface area contributed by atoms with Crippen molar-refractivity contribution in [3.8, 4) is 11.3 Å². The Hall–Kier alpha value is -2.76. The molecule has 1 amide bonds. The molecule has 3 rings (SSSR count). The van der Waals surface area contributed by atoms with Gasteiger partial charge in [-0.3, -0.25) is 19.6 Å². The first-order valence-electron chi connectivity index (χ1n) is 8.00. The summed E-state index contributed by atoms with van der Waals surface area (Å²) in [4.78, 5) is 31.8. The molecule has 0 unspecified atom stereocenters. The summed E-state index contributed by atoms with van der Waals surface area (Å²) in [6.07, 6.45) is 4.95. The maximum atomic E-state index is 12.1. The van der Waals surface area contributed by atoms with Crippen LogP contribution in [0.1, 0.15) is 25.0 Å². The summed E-state index contributed by atoms with van der Waals surface area (Å²) in [5, 5.41) is 11.8. The van der Waals surface area contributed by atoms with E-state index in [2.05, 4.69) is 15.3 Å². The molecule has 0 spiro atoms. The number of carboxylic acid groups (broad SMARTS) is 1. The van der Waals surface area contributed by atoms with Gasteiger partial charge in [0.15, 0.2) is 0 Å². The van der Waals surface area contributed by atoms with E-state index in [0.717, 1.165) is 11.3 Å². The average molecular weight is 325 g/mol. The Morgan fingerprint density at radius 3 is 2.46 bits per heavy atom. The van der Waals surface area contributed by atoms with Crippen molar-refractivity contribution < 1.29 is 14.7 Å². The third kappa shape index (κ3) is 3.76. The molecular formula is C18H19N3O3. The van der Waals surface area contributed by atoms with Crippen molar-refractivity contribution in [1.29, 1.82) is 0 Å². The molecular weight excluding hydrogens is 306 g/mol. The highest BCUT2D eigenvalue weighted by Crippen LogP contribution is 2.31. The molecule has 1 heterocycles. The van der Waals surface area contributed by atoms with E-state index in [1.54, 1.807) is 12.4 Å². The monoisotopic (exact) mass is 325 g/mol. The van der Waals surface area contributed by atoms with Crippen LogP contribution in [0.3, 0.4) is 0 Å². The second kappa shape index (κ2) is 7.21. The molecule has 2 N–H and O–H groups in total. The van der Waals surface area contributed by atoms with Crippen molar-refractivity contribution in [1.82, 2.24) is 15.3 Å². The largest absolute Gasteiger partial charge is 0.481 e. The van der Waals surface area contributed by atoms with Crippen molar-refractivity contribution in [2.75, 3.05) is 0 Å². The predicted molar refractivity (Wildman–Crippen MR) is 87.8 cm³/mol. The number of nitrogens with zero attached hydrogens (tertiary/aromatic N) is 2. The minimum absolute atomic E-state index is 0.104. The van der Waals surface area contributed by atoms with E-state index < -0.39 is 11.9 Å². The number of hydrogen-bond acceptors (Lipinski definition) is 4. The van der Waals surface area contributed by atoms with E-state index in [-0.39, 0.29) is 11.8 Å². The Balaban J connectivity index is 1.54. The molecule has 24 heavy (non-hydrogen) atoms. The maximum Gasteiger partial charge on any atom is 0.306 e. The molecule has 1 aliphatic rings. The van der Waals surface area contributed by atoms with E-state index >= 15 is 0 Å². The fraction of sp³-hybridized carbons (Fsp3) is 0.333. The fourth-order valence-corrected chi connectivity index (χ4v) is 2.97. The highest BCUT2D eigenvalue weighted by atomic mass is 16.4. The van der Waals surface area contributed by atoms with Crippen molar-refractivity contribution in [3.05, 3.63) is 48.4 Å². The summed E-state index contributed by atoms with van der Waals surface area (Å²) in [6.45, 7) is 0.301. The number of carboxylic acids is 1. The van der Waals surface area contributed by atoms with Crippen LogP contribution in [0.25, 0.3) is 11.3 Å². The van der Waals surface area contributed by atoms with Crippen LogP contribution in [0, 0.1) is 11.8 Å². The van der Waals surface area contributed by atoms with Crippen LogP contribution in [-0.4, -0.2) is 27.0 Å². The van der Waals surface area contributed by atoms with Gasteiger partial charge in [-0.05, 0) is 19.3 Å². The van der Waals surface area contributed by atoms with E-state index in [1.807, 2.05) is 30.3 Å². The summed E-state index contributed by atoms with van der Waals surface area (Å²) in [5.74, 6) is -1.53. The van der Waals surface area contributed by atoms with Gasteiger partial charge in [-0.1, -0.05) is 30.3 Å². The van der Waals surface area contributed by atoms with Crippen molar-refractivity contribution >= 4 is 11.9 Å². The third-order valence-electron chi connectivity index (χ3n) is 4.37. The van der Waals surface area contributed by atoms with Crippen LogP contribution < -0.4 is 5.32 Å². The molecule has 1 aliphatic carbocycles. The number of amides is 1. The maximum absolute atomic E-state index is 12.1. The van der Waals surface area contributed by atoms with Crippen LogP contribution in [0.2, 0.25) is 0 Å². The number of rotatable bonds is 5. The highest BCUT2D eigenvalue weighted by Gasteiger charge is 2.33. The van der Waals surface area contributed by atoms with Crippen LogP contribution >= 0.6 is 0 Å². The molecule has 0 aliphatic heterocycles. The average Bonchev–Trinajstić information content (AvgIpc) is 3.11. The minimum Gasteiger partial charge on any atom is -0.481 e. The Morgan fingerprint density at radius 2 is 1.83 bits per heavy atom. The van der Waals surface area contributed by atoms with Crippen LogP contribution in [0.4, 0.5) is 0 Å². The molecule has 1 saturated carbocycles. The Kier molecular flexibility index (Phi) is 4.84. The van der Waals surface area contributed by atoms with E-state index in [1.165, 1.54) is 0 Å². The molecule has 2 atom stereocenters. The number of carbonyl (C=O) groups is 2. The second-order valence-electron chi connectivity index (χ2n) is 6.02. The molecule has 1 aromatic carbocycles. The summed E-state index contributed by atoms with van der Waals surface area (Å²) in [5.41, 5.74) is 2.45. The Bertz CT molecular complexity index is 716. The zero-order chi connectivity index (χ0) is 16.9. The number of benzene rings is 1. The van der Waals surface area contributed by atoms with Gasteiger partial charge >= 0.3 is 5.97 Å². The number of aromatic nitrogens is 2. The van der Waals surface area contributed by atoms with Gasteiger partial charge in [-0.2, -0.15) is 0 Å². The molecule has 2 aromatic rings. The lowest BCUT2D eigenvalue weighted by molar-refractivity contribution is -0.141. The van der Waals surface area contributed by atoms with Gasteiger partial charge in [0.25, 0.3) is 0 Å². The molecule has 1 fully saturated rings. The second-order valence-corrected chi connectivity index (χ2v) is 6.02. The van der Waals surface area contributed by atoms with Gasteiger partial charge in [-0.15, -0.1) is 0 Å². The third-order valence-corrected chi connectivity index (χ3v) is 4.37. The van der Waals surface area contributed by atoms with Crippen molar-refractivity contribution in [2.24, 2.45) is 11.8 Å². The molecule has 0 radical (unpaired) electrons. The first-order valence-corrected chi connectivity index (χ1v) is 8.00. The lowest BCUT2D eigenvalue weighted by Gasteiger charge is -2.10. The summed E-state index contributed by atoms with van der Waals surface area (Å²) in [7, 11) is 0. The fourth-order valence-electron chi connectivity index (χ4n) is 2.97. The van der Waals surface area contributed by atoms with Crippen molar-refractivity contribution in [3.63, 3.8) is 0 Å². The summed E-state index contributed by atoms with van der Waals surface area (Å²) < 4.78 is 0. The van der Waals surface area contributed by atoms with Gasteiger partial charge in [0, 0.05) is 11.5 Å². The van der Waals surface area contributed by atoms with Crippen LogP contribution in [0.5, 0.6) is 0 Å². The Labute approximate surface area is 140 Å². The lowest BCUT2D eigenvalue weighted by Crippen LogP contribution is -2.29. The normalized spacial score (nSPS) is 19.8. The van der Waals surface area contributed by atoms with Crippen LogP contribution in [-0.2, 0) is 16.1 Å². The highest BCUT2D eigenvalue weighted by molar-refractivity contribution is 5.80. The lowest BCUT2D eigenvalue weighted by atomic mass is 10.0. The number of carbonyl (C=O) groups excluding carboxylic acids is 1. The van der Waals surface area contributed by atoms with E-state index in [0.29, 0.717) is 31.5 Å². The van der Waals surface area contributed by atoms with Gasteiger partial charge in [0.2, 0.25) is 5.91 Å². The van der Waals surface area contributed by atoms with E-state index in [9.17, 15) is 9.59 Å². The summed E-state index contributed by atoms with van der Waals surface area (Å²) in [6, 6.07) is 9.75. The van der Waals surface area contributed by atoms with Gasteiger partial charge in [0.1, 0.15) is 0 Å². The van der Waals surface area contributed by atoms with Crippen LogP contribution in [0.15, 0.2) is 42.7 Å². The van der Waals surface area contributed by atoms with Crippen molar-refractivity contribution in [2.45, 2.75) is 25.8 Å². The molecule has 0 saturated heterocycles. The predicted octanol–water partition coefficient (Wildman–Crippen LogP) is 2.26. The van der Waals surface area contributed by atoms with E-state index in [4.69, 9.17) is 5.11 Å². The zero-order valence-corrected chi connectivity index (χ0v) is 13.2. The number of aliphatic carboxylic acids is 1. The first kappa shape index (κ1) is 16.1. The number of hydrogen-bond donors (Lipinski definition) is 2. The molecule has 6 nitrogen and oxygen atoms in total. The topological polar surface area (TPSA) is 92.2 Å². The zero-order valence-electron chi connectivity index (χ0n) is 13.2. The number of nitrogens with one attached hydrogen (secondary N) is 1. The smallest absolute Gasteiger partial charge is 0.306 e. The minimum atomic E-state index is -0.812. The quantitative estimate of drug-likeness (QED) is 0.879. The van der Waals surface area contributed by atoms with Gasteiger partial charge in [0.05, 0.1) is 36.2 Å². The SMILES string of the molecule is O=C(O)[C@@H]1CC[C@H](C(=O)NCc2cnc(-c3ccccc3)cn2)C1. The molecule has 6 heteroatoms. The van der Waals surface area contributed by atoms with Gasteiger partial charge in [-0.25, -0.2) is 0 Å². The standard InChI is InChI=1S/C18H19N3O3/c22-17(13-6-7-14(8-13)18(23)24)21-10-15-9-20-16(11-19-15)12-4-2-1-3-5-12/h1-5,9,11,13-14H,6-8,10H2,(H,21,22)(H,23,24)/t13-,14+/m0/s1. The summed E-state index contributed by atoms with van der Waals surface area (Å²) >= 11 is 0. The Morgan fingerprint density at radius 1 is 1.08 bits per heavy atom.